The van der Waals surface area contributed by atoms with Gasteiger partial charge in [0.1, 0.15) is 28.6 Å². The fraction of sp³-hybridized carbons (Fsp3) is 0.371. The summed E-state index contributed by atoms with van der Waals surface area (Å²) in [6.07, 6.45) is 1.41. The number of carbonyl (C=O) groups excluding carboxylic acids is 3. The molecule has 6 N–H and O–H groups in total. The predicted octanol–water partition coefficient (Wildman–Crippen LogP) is 2.88. The van der Waals surface area contributed by atoms with Gasteiger partial charge in [0.15, 0.2) is 6.61 Å². The van der Waals surface area contributed by atoms with E-state index in [1.807, 2.05) is 18.2 Å². The van der Waals surface area contributed by atoms with Crippen LogP contribution < -0.4 is 30.7 Å². The molecule has 3 aromatic carbocycles. The molecule has 260 valence electrons. The Morgan fingerprint density at radius 3 is 2.53 bits per heavy atom. The molecule has 0 spiro atoms. The van der Waals surface area contributed by atoms with Crippen LogP contribution in [-0.2, 0) is 25.6 Å². The number of halogens is 1. The molecule has 0 bridgehead atoms. The number of nitrogens with one attached hydrogen (secondary N) is 2. The van der Waals surface area contributed by atoms with E-state index in [1.165, 1.54) is 23.9 Å². The normalized spacial score (nSPS) is 17.7. The van der Waals surface area contributed by atoms with Crippen molar-refractivity contribution in [2.75, 3.05) is 37.0 Å². The largest absolute Gasteiger partial charge is 0.493 e. The third-order valence-electron chi connectivity index (χ3n) is 8.30. The molecule has 0 aromatic heterocycles. The van der Waals surface area contributed by atoms with Gasteiger partial charge in [-0.05, 0) is 84.5 Å². The Balaban J connectivity index is 1.13. The Bertz CT molecular complexity index is 1640. The number of fused-ring (bicyclic) bond motifs is 1. The minimum atomic E-state index is -1.06. The molecule has 1 unspecified atom stereocenters. The van der Waals surface area contributed by atoms with E-state index in [0.717, 1.165) is 28.9 Å². The highest BCUT2D eigenvalue weighted by molar-refractivity contribution is 8.00. The minimum absolute atomic E-state index is 0.153. The molecule has 4 atom stereocenters. The number of unbranched alkanes of at least 4 members (excludes halogenated alkanes) is 1. The van der Waals surface area contributed by atoms with Crippen LogP contribution in [0.5, 0.6) is 11.5 Å². The molecule has 3 amide bonds. The highest BCUT2D eigenvalue weighted by Gasteiger charge is 2.49. The Hall–Kier alpha value is -4.66. The highest BCUT2D eigenvalue weighted by atomic mass is 32.2. The van der Waals surface area contributed by atoms with Gasteiger partial charge in [-0.25, -0.2) is 4.39 Å². The minimum Gasteiger partial charge on any atom is -0.493 e. The van der Waals surface area contributed by atoms with Crippen LogP contribution in [0.1, 0.15) is 48.1 Å². The van der Waals surface area contributed by atoms with Crippen LogP contribution in [0, 0.1) is 5.82 Å². The second kappa shape index (κ2) is 16.6. The lowest BCUT2D eigenvalue weighted by molar-refractivity contribution is -0.138. The molecule has 0 aliphatic carbocycles. The number of hydrogen-bond acceptors (Lipinski definition) is 9. The first-order chi connectivity index (χ1) is 23.6. The van der Waals surface area contributed by atoms with Crippen molar-refractivity contribution in [3.05, 3.63) is 89.2 Å². The lowest BCUT2D eigenvalue weighted by Gasteiger charge is -2.47. The molecule has 2 aliphatic rings. The van der Waals surface area contributed by atoms with Crippen LogP contribution in [0.2, 0.25) is 0 Å². The number of aliphatic hydroxyl groups excluding tert-OH is 1. The van der Waals surface area contributed by atoms with Gasteiger partial charge in [-0.1, -0.05) is 18.2 Å². The Morgan fingerprint density at radius 2 is 1.80 bits per heavy atom. The van der Waals surface area contributed by atoms with Crippen molar-refractivity contribution in [3.63, 3.8) is 0 Å². The topological polar surface area (TPSA) is 181 Å². The summed E-state index contributed by atoms with van der Waals surface area (Å²) in [6, 6.07) is 17.0. The molecule has 0 saturated carbocycles. The van der Waals surface area contributed by atoms with Crippen molar-refractivity contribution >= 4 is 41.1 Å². The van der Waals surface area contributed by atoms with Crippen molar-refractivity contribution in [1.82, 2.24) is 10.6 Å². The average molecular weight is 695 g/mol. The van der Waals surface area contributed by atoms with Crippen molar-refractivity contribution in [2.45, 2.75) is 49.1 Å². The fourth-order valence-corrected chi connectivity index (χ4v) is 6.89. The molecule has 2 heterocycles. The molecule has 49 heavy (non-hydrogen) atoms. The van der Waals surface area contributed by atoms with Gasteiger partial charge in [0.2, 0.25) is 11.8 Å². The van der Waals surface area contributed by atoms with Crippen LogP contribution in [-0.4, -0.2) is 77.3 Å². The van der Waals surface area contributed by atoms with E-state index in [-0.39, 0.29) is 25.0 Å². The van der Waals surface area contributed by atoms with Gasteiger partial charge in [-0.2, -0.15) is 0 Å². The van der Waals surface area contributed by atoms with Crippen LogP contribution >= 0.6 is 11.8 Å². The van der Waals surface area contributed by atoms with Crippen LogP contribution in [0.3, 0.4) is 0 Å². The van der Waals surface area contributed by atoms with Crippen molar-refractivity contribution in [2.24, 2.45) is 5.73 Å². The number of thioether (sulfide) groups is 1. The van der Waals surface area contributed by atoms with E-state index in [1.54, 1.807) is 41.3 Å². The maximum atomic E-state index is 13.7. The van der Waals surface area contributed by atoms with E-state index < -0.39 is 41.1 Å². The number of ether oxygens (including phenoxy) is 2. The van der Waals surface area contributed by atoms with Crippen molar-refractivity contribution in [1.29, 1.82) is 0 Å². The van der Waals surface area contributed by atoms with E-state index in [9.17, 15) is 28.7 Å². The smallest absolute Gasteiger partial charge is 0.320 e. The van der Waals surface area contributed by atoms with Gasteiger partial charge in [0, 0.05) is 24.4 Å². The number of hydrogen-bond donors (Lipinski definition) is 5. The number of carbonyl (C=O) groups is 4. The summed E-state index contributed by atoms with van der Waals surface area (Å²) < 4.78 is 24.8. The summed E-state index contributed by atoms with van der Waals surface area (Å²) in [4.78, 5) is 50.0. The Kier molecular flexibility index (Phi) is 12.1. The quantitative estimate of drug-likeness (QED) is 0.104. The monoisotopic (exact) mass is 694 g/mol. The number of β-lactam (4-membered cyclic amide) rings is 1. The molecule has 5 rings (SSSR count). The number of rotatable bonds is 17. The summed E-state index contributed by atoms with van der Waals surface area (Å²) in [5, 5.41) is 24.4. The van der Waals surface area contributed by atoms with Crippen LogP contribution in [0.25, 0.3) is 0 Å². The number of nitrogens with zero attached hydrogens (tertiary/aromatic N) is 1. The highest BCUT2D eigenvalue weighted by Crippen LogP contribution is 2.46. The Labute approximate surface area is 287 Å². The zero-order valence-electron chi connectivity index (χ0n) is 26.7. The third-order valence-corrected chi connectivity index (χ3v) is 9.63. The fourth-order valence-electron chi connectivity index (χ4n) is 5.59. The molecular weight excluding hydrogens is 655 g/mol. The molecular formula is C35H39FN4O8S. The number of carboxylic acids is 1. The number of nitrogens with two attached hydrogens (primary N) is 1. The third kappa shape index (κ3) is 9.28. The predicted molar refractivity (Wildman–Crippen MR) is 181 cm³/mol. The molecule has 2 aliphatic heterocycles. The average Bonchev–Trinajstić information content (AvgIpc) is 3.57. The van der Waals surface area contributed by atoms with Crippen molar-refractivity contribution < 1.29 is 43.3 Å². The van der Waals surface area contributed by atoms with Crippen molar-refractivity contribution in [3.8, 4) is 11.5 Å². The molecule has 1 saturated heterocycles. The number of aliphatic hydroxyl groups is 1. The summed E-state index contributed by atoms with van der Waals surface area (Å²) in [7, 11) is 0. The van der Waals surface area contributed by atoms with Gasteiger partial charge < -0.3 is 41.0 Å². The van der Waals surface area contributed by atoms with Gasteiger partial charge in [0.05, 0.1) is 25.3 Å². The van der Waals surface area contributed by atoms with Gasteiger partial charge in [-0.15, -0.1) is 11.8 Å². The van der Waals surface area contributed by atoms with Gasteiger partial charge in [-0.3, -0.25) is 19.2 Å². The zero-order chi connectivity index (χ0) is 34.9. The maximum Gasteiger partial charge on any atom is 0.320 e. The maximum absolute atomic E-state index is 13.7. The molecule has 12 nitrogen and oxygen atoms in total. The van der Waals surface area contributed by atoms with E-state index in [0.29, 0.717) is 49.6 Å². The molecule has 14 heteroatoms. The summed E-state index contributed by atoms with van der Waals surface area (Å²) >= 11 is 1.36. The van der Waals surface area contributed by atoms with E-state index in [4.69, 9.17) is 20.3 Å². The van der Waals surface area contributed by atoms with Crippen LogP contribution in [0.15, 0.2) is 66.7 Å². The van der Waals surface area contributed by atoms with E-state index in [2.05, 4.69) is 10.6 Å². The second-order valence-electron chi connectivity index (χ2n) is 11.8. The van der Waals surface area contributed by atoms with E-state index >= 15 is 0 Å². The molecule has 0 radical (unpaired) electrons. The number of carboxylic acid groups (broad SMARTS) is 1. The Morgan fingerprint density at radius 1 is 1.04 bits per heavy atom. The lowest BCUT2D eigenvalue weighted by atomic mass is 9.92. The van der Waals surface area contributed by atoms with Crippen LogP contribution in [0.4, 0.5) is 10.1 Å². The lowest BCUT2D eigenvalue weighted by Crippen LogP contribution is -2.57. The summed E-state index contributed by atoms with van der Waals surface area (Å²) in [5.74, 6) is -0.987. The van der Waals surface area contributed by atoms with Gasteiger partial charge in [0.25, 0.3) is 5.91 Å². The summed E-state index contributed by atoms with van der Waals surface area (Å²) in [5.41, 5.74) is 8.61. The zero-order valence-corrected chi connectivity index (χ0v) is 27.5. The SMILES string of the molecule is N[C@H](CCCCNC(=O)CNC(=O)COc1ccc([C@@H]2[C@@H](SCC(O)c3ccc4c(c3)CCO4)C(=O)N2c2ccc(F)cc2)cc1)C(=O)O. The first-order valence-corrected chi connectivity index (χ1v) is 17.0. The number of aliphatic carboxylic acids is 1. The number of amides is 3. The first kappa shape index (κ1) is 35.6. The van der Waals surface area contributed by atoms with Gasteiger partial charge >= 0.3 is 5.97 Å². The standard InChI is InChI=1S/C35H39FN4O8S/c36-24-7-9-25(10-8-24)40-32(33(34(40)44)49-20-28(41)22-6-13-29-23(17-22)14-16-47-29)21-4-11-26(12-5-21)48-19-31(43)39-18-30(42)38-15-2-1-3-27(37)35(45)46/h4-13,17,27-28,32-33,41H,1-3,14-16,18-20,37H2,(H,38,42)(H,39,43)(H,45,46)/t27-,28?,32-,33-/m1/s1. The molecule has 1 fully saturated rings. The molecule has 3 aromatic rings. The second-order valence-corrected chi connectivity index (χ2v) is 13.0. The first-order valence-electron chi connectivity index (χ1n) is 16.0. The number of benzene rings is 3. The summed E-state index contributed by atoms with van der Waals surface area (Å²) in [6.45, 7) is 0.391. The number of anilines is 1.